The number of nitrogens with zero attached hydrogens (tertiary/aromatic N) is 1. The molecule has 1 rings (SSSR count). The Morgan fingerprint density at radius 2 is 2.19 bits per heavy atom. The largest absolute Gasteiger partial charge is 0.477 e. The van der Waals surface area contributed by atoms with Gasteiger partial charge in [0.1, 0.15) is 4.88 Å². The molecule has 0 saturated carbocycles. The molecule has 0 fully saturated rings. The summed E-state index contributed by atoms with van der Waals surface area (Å²) in [5.74, 6) is -0.195. The topological polar surface area (TPSA) is 70.4 Å². The minimum Gasteiger partial charge on any atom is -0.477 e. The van der Waals surface area contributed by atoms with Crippen molar-refractivity contribution in [1.82, 2.24) is 4.98 Å². The van der Waals surface area contributed by atoms with Crippen molar-refractivity contribution in [3.63, 3.8) is 0 Å². The first kappa shape index (κ1) is 13.5. The van der Waals surface area contributed by atoms with E-state index in [0.717, 1.165) is 10.1 Å². The standard InChI is InChI=1S/C10H15NO3S2/c1-6-7(8(12)13)16-9(11-6)15-5-4-10(2,3)14/h14H,4-5H2,1-3H3,(H,12,13). The Morgan fingerprint density at radius 1 is 1.56 bits per heavy atom. The Balaban J connectivity index is 2.56. The third kappa shape index (κ3) is 4.11. The smallest absolute Gasteiger partial charge is 0.347 e. The van der Waals surface area contributed by atoms with E-state index in [1.165, 1.54) is 23.1 Å². The molecule has 0 aliphatic rings. The van der Waals surface area contributed by atoms with Crippen LogP contribution in [-0.2, 0) is 0 Å². The highest BCUT2D eigenvalue weighted by Gasteiger charge is 2.16. The molecular formula is C10H15NO3S2. The maximum absolute atomic E-state index is 10.8. The maximum Gasteiger partial charge on any atom is 0.347 e. The van der Waals surface area contributed by atoms with Crippen LogP contribution in [0.1, 0.15) is 35.6 Å². The highest BCUT2D eigenvalue weighted by Crippen LogP contribution is 2.28. The van der Waals surface area contributed by atoms with Gasteiger partial charge in [-0.2, -0.15) is 0 Å². The van der Waals surface area contributed by atoms with E-state index in [2.05, 4.69) is 4.98 Å². The third-order valence-corrected chi connectivity index (χ3v) is 4.20. The summed E-state index contributed by atoms with van der Waals surface area (Å²) in [7, 11) is 0. The summed E-state index contributed by atoms with van der Waals surface area (Å²) in [4.78, 5) is 15.3. The molecule has 90 valence electrons. The summed E-state index contributed by atoms with van der Waals surface area (Å²) >= 11 is 2.67. The van der Waals surface area contributed by atoms with Crippen LogP contribution in [0.15, 0.2) is 4.34 Å². The van der Waals surface area contributed by atoms with E-state index in [0.29, 0.717) is 17.0 Å². The highest BCUT2D eigenvalue weighted by molar-refractivity contribution is 8.01. The van der Waals surface area contributed by atoms with Crippen LogP contribution in [0.5, 0.6) is 0 Å². The molecule has 6 heteroatoms. The van der Waals surface area contributed by atoms with E-state index in [-0.39, 0.29) is 0 Å². The number of aromatic carboxylic acids is 1. The number of hydrogen-bond acceptors (Lipinski definition) is 5. The lowest BCUT2D eigenvalue weighted by molar-refractivity contribution is 0.0700. The summed E-state index contributed by atoms with van der Waals surface area (Å²) in [6.45, 7) is 5.20. The van der Waals surface area contributed by atoms with E-state index < -0.39 is 11.6 Å². The lowest BCUT2D eigenvalue weighted by atomic mass is 10.1. The summed E-state index contributed by atoms with van der Waals surface area (Å²) in [5.41, 5.74) is -0.127. The first-order chi connectivity index (χ1) is 7.29. The van der Waals surface area contributed by atoms with E-state index in [4.69, 9.17) is 5.11 Å². The van der Waals surface area contributed by atoms with Crippen molar-refractivity contribution >= 4 is 29.1 Å². The first-order valence-electron chi connectivity index (χ1n) is 4.85. The van der Waals surface area contributed by atoms with Crippen molar-refractivity contribution in [3.8, 4) is 0 Å². The SMILES string of the molecule is Cc1nc(SCCC(C)(C)O)sc1C(=O)O. The summed E-state index contributed by atoms with van der Waals surface area (Å²) in [6, 6.07) is 0. The quantitative estimate of drug-likeness (QED) is 0.796. The zero-order valence-corrected chi connectivity index (χ0v) is 11.1. The number of thiazole rings is 1. The van der Waals surface area contributed by atoms with Crippen molar-refractivity contribution in [3.05, 3.63) is 10.6 Å². The zero-order chi connectivity index (χ0) is 12.3. The van der Waals surface area contributed by atoms with Crippen LogP contribution in [0.2, 0.25) is 0 Å². The summed E-state index contributed by atoms with van der Waals surface area (Å²) in [6.07, 6.45) is 0.651. The monoisotopic (exact) mass is 261 g/mol. The second-order valence-corrected chi connectivity index (χ2v) is 6.45. The van der Waals surface area contributed by atoms with Crippen molar-refractivity contribution in [2.45, 2.75) is 37.1 Å². The number of rotatable bonds is 5. The first-order valence-corrected chi connectivity index (χ1v) is 6.66. The number of carboxylic acids is 1. The second kappa shape index (κ2) is 5.16. The van der Waals surface area contributed by atoms with Gasteiger partial charge in [0.15, 0.2) is 4.34 Å². The Kier molecular flexibility index (Phi) is 4.35. The predicted molar refractivity (Wildman–Crippen MR) is 65.4 cm³/mol. The van der Waals surface area contributed by atoms with E-state index in [9.17, 15) is 9.90 Å². The van der Waals surface area contributed by atoms with Gasteiger partial charge >= 0.3 is 5.97 Å². The normalized spacial score (nSPS) is 11.8. The molecule has 0 amide bonds. The van der Waals surface area contributed by atoms with Crippen LogP contribution < -0.4 is 0 Å². The van der Waals surface area contributed by atoms with Crippen LogP contribution in [0.4, 0.5) is 0 Å². The van der Waals surface area contributed by atoms with Crippen molar-refractivity contribution < 1.29 is 15.0 Å². The minimum absolute atomic E-state index is 0.297. The zero-order valence-electron chi connectivity index (χ0n) is 9.48. The molecule has 1 aromatic rings. The molecule has 1 aromatic heterocycles. The number of carboxylic acid groups (broad SMARTS) is 1. The van der Waals surface area contributed by atoms with Gasteiger partial charge in [-0.15, -0.1) is 11.3 Å². The van der Waals surface area contributed by atoms with E-state index >= 15 is 0 Å². The Labute approximate surface area is 103 Å². The van der Waals surface area contributed by atoms with Gasteiger partial charge < -0.3 is 10.2 Å². The lowest BCUT2D eigenvalue weighted by Gasteiger charge is -2.15. The molecular weight excluding hydrogens is 246 g/mol. The molecule has 0 aromatic carbocycles. The van der Waals surface area contributed by atoms with Gasteiger partial charge in [0, 0.05) is 5.75 Å². The Hall–Kier alpha value is -0.590. The van der Waals surface area contributed by atoms with Crippen LogP contribution in [0.3, 0.4) is 0 Å². The van der Waals surface area contributed by atoms with Gasteiger partial charge in [-0.3, -0.25) is 0 Å². The molecule has 2 N–H and O–H groups in total. The van der Waals surface area contributed by atoms with Gasteiger partial charge in [-0.05, 0) is 27.2 Å². The second-order valence-electron chi connectivity index (χ2n) is 4.11. The van der Waals surface area contributed by atoms with Crippen molar-refractivity contribution in [2.24, 2.45) is 0 Å². The third-order valence-electron chi connectivity index (χ3n) is 1.91. The molecule has 4 nitrogen and oxygen atoms in total. The van der Waals surface area contributed by atoms with Crippen LogP contribution in [0.25, 0.3) is 0 Å². The molecule has 16 heavy (non-hydrogen) atoms. The Morgan fingerprint density at radius 3 is 2.62 bits per heavy atom. The highest BCUT2D eigenvalue weighted by atomic mass is 32.2. The molecule has 0 aliphatic heterocycles. The molecule has 0 radical (unpaired) electrons. The van der Waals surface area contributed by atoms with Crippen molar-refractivity contribution in [1.29, 1.82) is 0 Å². The number of aryl methyl sites for hydroxylation is 1. The number of thioether (sulfide) groups is 1. The lowest BCUT2D eigenvalue weighted by Crippen LogP contribution is -2.18. The summed E-state index contributed by atoms with van der Waals surface area (Å²) < 4.78 is 0.749. The number of aromatic nitrogens is 1. The van der Waals surface area contributed by atoms with Gasteiger partial charge in [0.05, 0.1) is 11.3 Å². The fraction of sp³-hybridized carbons (Fsp3) is 0.600. The Bertz CT molecular complexity index is 382. The maximum atomic E-state index is 10.8. The molecule has 0 atom stereocenters. The molecule has 0 bridgehead atoms. The number of hydrogen-bond donors (Lipinski definition) is 2. The molecule has 1 heterocycles. The fourth-order valence-electron chi connectivity index (χ4n) is 1.02. The van der Waals surface area contributed by atoms with E-state index in [1.54, 1.807) is 20.8 Å². The summed E-state index contributed by atoms with van der Waals surface area (Å²) in [5, 5.41) is 18.4. The molecule has 0 unspecified atom stereocenters. The predicted octanol–water partition coefficient (Wildman–Crippen LogP) is 2.40. The molecule has 0 saturated heterocycles. The van der Waals surface area contributed by atoms with Gasteiger partial charge in [0.2, 0.25) is 0 Å². The average Bonchev–Trinajstić information content (AvgIpc) is 2.44. The van der Waals surface area contributed by atoms with Gasteiger partial charge in [-0.1, -0.05) is 11.8 Å². The van der Waals surface area contributed by atoms with Gasteiger partial charge in [-0.25, -0.2) is 9.78 Å². The average molecular weight is 261 g/mol. The molecule has 0 spiro atoms. The van der Waals surface area contributed by atoms with Crippen molar-refractivity contribution in [2.75, 3.05) is 5.75 Å². The minimum atomic E-state index is -0.927. The van der Waals surface area contributed by atoms with E-state index in [1.807, 2.05) is 0 Å². The number of aliphatic hydroxyl groups is 1. The van der Waals surface area contributed by atoms with Crippen LogP contribution >= 0.6 is 23.1 Å². The molecule has 0 aliphatic carbocycles. The van der Waals surface area contributed by atoms with Crippen LogP contribution in [-0.4, -0.2) is 32.5 Å². The van der Waals surface area contributed by atoms with Gasteiger partial charge in [0.25, 0.3) is 0 Å². The fourth-order valence-corrected chi connectivity index (χ4v) is 3.37. The number of carbonyl (C=O) groups is 1. The van der Waals surface area contributed by atoms with Crippen LogP contribution in [0, 0.1) is 6.92 Å².